The predicted molar refractivity (Wildman–Crippen MR) is 210 cm³/mol. The number of aliphatic carboxylic acids is 3. The average molecular weight is 816 g/mol. The van der Waals surface area contributed by atoms with Gasteiger partial charge in [-0.15, -0.1) is 0 Å². The number of carbonyl (C=O) groups is 3. The van der Waals surface area contributed by atoms with E-state index in [2.05, 4.69) is 34.6 Å². The van der Waals surface area contributed by atoms with Gasteiger partial charge in [0.05, 0.1) is 0 Å². The maximum absolute atomic E-state index is 10.1. The number of carboxylic acid groups (broad SMARTS) is 3. The minimum atomic E-state index is -0.908. The second kappa shape index (κ2) is 52.6. The number of hydrogen-bond donors (Lipinski definition) is 0. The van der Waals surface area contributed by atoms with Crippen LogP contribution in [-0.4, -0.2) is 40.4 Å². The third-order valence-electron chi connectivity index (χ3n) is 8.61. The van der Waals surface area contributed by atoms with Crippen LogP contribution in [0.2, 0.25) is 4.44 Å². The summed E-state index contributed by atoms with van der Waals surface area (Å²) in [6, 6.07) is 0. The predicted octanol–water partition coefficient (Wildman–Crippen LogP) is 10.4. The van der Waals surface area contributed by atoms with Crippen molar-refractivity contribution in [2.24, 2.45) is 5.92 Å². The summed E-state index contributed by atoms with van der Waals surface area (Å²) in [7, 11) is 0. The second-order valence-electron chi connectivity index (χ2n) is 14.5. The Morgan fingerprint density at radius 1 is 0.360 bits per heavy atom. The smallest absolute Gasteiger partial charge is 0.0414 e. The molecule has 0 radical (unpaired) electrons. The van der Waals surface area contributed by atoms with E-state index in [0.29, 0.717) is 0 Å². The van der Waals surface area contributed by atoms with Gasteiger partial charge in [-0.2, -0.15) is 0 Å². The molecule has 0 spiro atoms. The minimum Gasteiger partial charge on any atom is -0.550 e. The number of rotatable bonds is 34. The van der Waals surface area contributed by atoms with Crippen LogP contribution in [0.1, 0.15) is 247 Å². The summed E-state index contributed by atoms with van der Waals surface area (Å²) in [5, 5.41) is 30.4. The Morgan fingerprint density at radius 2 is 0.500 bits per heavy atom. The van der Waals surface area contributed by atoms with Gasteiger partial charge in [0, 0.05) is 17.9 Å². The Labute approximate surface area is 325 Å². The van der Waals surface area contributed by atoms with Gasteiger partial charge in [-0.3, -0.25) is 0 Å². The summed E-state index contributed by atoms with van der Waals surface area (Å²) in [4.78, 5) is 30.4. The molecule has 0 N–H and O–H groups in total. The summed E-state index contributed by atoms with van der Waals surface area (Å²) >= 11 is 1.66. The van der Waals surface area contributed by atoms with Crippen LogP contribution in [0.25, 0.3) is 0 Å². The molecule has 0 amide bonds. The molecule has 0 fully saturated rings. The number of hydrogen-bond acceptors (Lipinski definition) is 6. The van der Waals surface area contributed by atoms with Gasteiger partial charge in [0.2, 0.25) is 0 Å². The zero-order valence-electron chi connectivity index (χ0n) is 34.1. The molecule has 0 saturated carbocycles. The quantitative estimate of drug-likeness (QED) is 0.0471. The van der Waals surface area contributed by atoms with Crippen LogP contribution in [0.5, 0.6) is 0 Å². The van der Waals surface area contributed by atoms with Gasteiger partial charge in [-0.1, -0.05) is 194 Å². The van der Waals surface area contributed by atoms with Crippen LogP contribution >= 0.6 is 0 Å². The maximum Gasteiger partial charge on any atom is 0.0414 e. The molecular weight excluding hydrogens is 731 g/mol. The second-order valence-corrected chi connectivity index (χ2v) is 15.7. The minimum absolute atomic E-state index is 0.233. The Bertz CT molecular complexity index is 574. The molecule has 50 heavy (non-hydrogen) atoms. The summed E-state index contributed by atoms with van der Waals surface area (Å²) in [5.74, 6) is -1.80. The van der Waals surface area contributed by atoms with Crippen molar-refractivity contribution < 1.29 is 29.7 Å². The van der Waals surface area contributed by atoms with Crippen LogP contribution < -0.4 is 15.3 Å². The van der Waals surface area contributed by atoms with Crippen LogP contribution in [0.15, 0.2) is 0 Å². The van der Waals surface area contributed by atoms with Crippen molar-refractivity contribution in [2.75, 3.05) is 0 Å². The first-order chi connectivity index (χ1) is 24.1. The van der Waals surface area contributed by atoms with Crippen LogP contribution in [0.3, 0.4) is 0 Å². The summed E-state index contributed by atoms with van der Waals surface area (Å²) in [6.45, 7) is 11.2. The molecule has 0 heterocycles. The molecular formula is C43H84O6Sn. The topological polar surface area (TPSA) is 120 Å². The van der Waals surface area contributed by atoms with Gasteiger partial charge in [-0.05, 0) is 38.5 Å². The first kappa shape index (κ1) is 56.0. The van der Waals surface area contributed by atoms with E-state index in [1.54, 1.807) is 22.5 Å². The van der Waals surface area contributed by atoms with Crippen LogP contribution in [-0.2, 0) is 14.4 Å². The van der Waals surface area contributed by atoms with E-state index < -0.39 is 17.9 Å². The summed E-state index contributed by atoms with van der Waals surface area (Å²) in [6.07, 6.45) is 37.8. The van der Waals surface area contributed by atoms with E-state index in [1.807, 2.05) is 0 Å². The third kappa shape index (κ3) is 72.8. The fourth-order valence-electron chi connectivity index (χ4n) is 5.27. The molecule has 0 aromatic heterocycles. The first-order valence-electron chi connectivity index (χ1n) is 21.3. The maximum atomic E-state index is 10.1. The van der Waals surface area contributed by atoms with E-state index >= 15 is 0 Å². The molecule has 0 bridgehead atoms. The molecule has 0 aromatic carbocycles. The Morgan fingerprint density at radius 3 is 0.620 bits per heavy atom. The number of unbranched alkanes of at least 4 members (excludes halogenated alkanes) is 27. The van der Waals surface area contributed by atoms with Crippen molar-refractivity contribution in [1.82, 2.24) is 0 Å². The number of carboxylic acids is 3. The number of carbonyl (C=O) groups excluding carboxylic acids is 3. The molecule has 0 rings (SSSR count). The Balaban J connectivity index is -0.000000296. The Hall–Kier alpha value is -0.791. The van der Waals surface area contributed by atoms with Gasteiger partial charge >= 0.3 is 46.7 Å². The van der Waals surface area contributed by atoms with E-state index in [1.165, 1.54) is 159 Å². The molecule has 0 aliphatic heterocycles. The van der Waals surface area contributed by atoms with Gasteiger partial charge in [-0.25, -0.2) is 0 Å². The van der Waals surface area contributed by atoms with E-state index in [9.17, 15) is 29.7 Å². The van der Waals surface area contributed by atoms with Crippen molar-refractivity contribution in [3.8, 4) is 0 Å². The van der Waals surface area contributed by atoms with Gasteiger partial charge < -0.3 is 29.7 Å². The third-order valence-corrected chi connectivity index (χ3v) is 10.9. The first-order valence-corrected chi connectivity index (χ1v) is 23.3. The van der Waals surface area contributed by atoms with Gasteiger partial charge in [0.1, 0.15) is 0 Å². The molecule has 0 saturated heterocycles. The fraction of sp³-hybridized carbons (Fsp3) is 0.930. The van der Waals surface area contributed by atoms with Crippen molar-refractivity contribution in [2.45, 2.75) is 251 Å². The molecule has 296 valence electrons. The molecule has 7 heteroatoms. The molecule has 6 nitrogen and oxygen atoms in total. The van der Waals surface area contributed by atoms with Crippen molar-refractivity contribution in [3.63, 3.8) is 0 Å². The molecule has 0 atom stereocenters. The molecule has 0 aliphatic carbocycles. The van der Waals surface area contributed by atoms with E-state index in [0.717, 1.165) is 44.4 Å². The van der Waals surface area contributed by atoms with Crippen molar-refractivity contribution in [3.05, 3.63) is 0 Å². The van der Waals surface area contributed by atoms with Gasteiger partial charge in [0.25, 0.3) is 0 Å². The molecule has 0 unspecified atom stereocenters. The zero-order chi connectivity index (χ0) is 38.4. The van der Waals surface area contributed by atoms with Crippen molar-refractivity contribution in [1.29, 1.82) is 0 Å². The van der Waals surface area contributed by atoms with E-state index in [-0.39, 0.29) is 19.3 Å². The van der Waals surface area contributed by atoms with Crippen molar-refractivity contribution >= 4 is 40.4 Å². The van der Waals surface area contributed by atoms with Crippen LogP contribution in [0.4, 0.5) is 0 Å². The zero-order valence-corrected chi connectivity index (χ0v) is 36.9. The normalized spacial score (nSPS) is 10.4. The SMILES string of the molecule is CC(C)[CH2][Sn+3].CCCCCCCCCCCCC(=O)[O-].CCCCCCCCCCCCC(=O)[O-].CCCCCCCCCCCCC(=O)[O-]. The molecule has 0 aliphatic rings. The average Bonchev–Trinajstić information content (AvgIpc) is 3.08. The summed E-state index contributed by atoms with van der Waals surface area (Å²) < 4.78 is 1.40. The van der Waals surface area contributed by atoms with E-state index in [4.69, 9.17) is 0 Å². The Kier molecular flexibility index (Phi) is 58.8. The van der Waals surface area contributed by atoms with Crippen LogP contribution in [0, 0.1) is 5.92 Å². The monoisotopic (exact) mass is 817 g/mol. The largest absolute Gasteiger partial charge is 0.550 e. The van der Waals surface area contributed by atoms with Gasteiger partial charge in [0.15, 0.2) is 0 Å². The fourth-order valence-corrected chi connectivity index (χ4v) is 5.27. The standard InChI is InChI=1S/3C13H26O2.C4H9.Sn/c3*1-2-3-4-5-6-7-8-9-10-11-12-13(14)15;1-4(2)3;/h3*2-12H2,1H3,(H,14,15);4H,1H2,2-3H3;/q;;;;+3/p-3. The molecule has 0 aromatic rings. The summed E-state index contributed by atoms with van der Waals surface area (Å²) in [5.41, 5.74) is 0.